The smallest absolute Gasteiger partial charge is 0.408 e. The minimum absolute atomic E-state index is 0.132. The van der Waals surface area contributed by atoms with Crippen LogP contribution in [0.2, 0.25) is 0 Å². The second-order valence-corrected chi connectivity index (χ2v) is 9.27. The first-order chi connectivity index (χ1) is 16.2. The third-order valence-corrected chi connectivity index (χ3v) is 5.45. The molecule has 0 spiro atoms. The van der Waals surface area contributed by atoms with Gasteiger partial charge in [0.25, 0.3) is 5.91 Å². The lowest BCUT2D eigenvalue weighted by Gasteiger charge is -2.49. The molecule has 178 valence electrons. The molecule has 2 aromatic rings. The maximum Gasteiger partial charge on any atom is 0.408 e. The second-order valence-electron chi connectivity index (χ2n) is 9.27. The first-order valence-corrected chi connectivity index (χ1v) is 11.1. The van der Waals surface area contributed by atoms with Crippen LogP contribution in [0.25, 0.3) is 0 Å². The van der Waals surface area contributed by atoms with Gasteiger partial charge in [-0.25, -0.2) is 9.59 Å². The van der Waals surface area contributed by atoms with Crippen LogP contribution in [-0.4, -0.2) is 47.3 Å². The summed E-state index contributed by atoms with van der Waals surface area (Å²) in [6.45, 7) is 7.04. The number of fused-ring (bicyclic) bond motifs is 1. The van der Waals surface area contributed by atoms with Crippen LogP contribution in [-0.2, 0) is 23.8 Å². The quantitative estimate of drug-likeness (QED) is 0.536. The highest BCUT2D eigenvalue weighted by Gasteiger charge is 2.55. The van der Waals surface area contributed by atoms with Crippen molar-refractivity contribution in [1.82, 2.24) is 10.2 Å². The molecular weight excluding hydrogens is 436 g/mol. The van der Waals surface area contributed by atoms with Crippen LogP contribution < -0.4 is 5.32 Å². The zero-order valence-electron chi connectivity index (χ0n) is 19.6. The normalized spacial score (nSPS) is 19.9. The molecule has 0 radical (unpaired) electrons. The first-order valence-electron chi connectivity index (χ1n) is 11.1. The molecule has 8 heteroatoms. The van der Waals surface area contributed by atoms with Crippen molar-refractivity contribution < 1.29 is 28.6 Å². The SMILES string of the molecule is CC1=C(C(=O)OC(c2ccccc2)c2ccccc2)N2C(=O)C(NC(=O)OC(C)(C)C)C2OC1. The minimum Gasteiger partial charge on any atom is -0.448 e. The summed E-state index contributed by atoms with van der Waals surface area (Å²) in [5, 5.41) is 2.54. The van der Waals surface area contributed by atoms with Gasteiger partial charge in [-0.2, -0.15) is 0 Å². The number of amides is 2. The lowest BCUT2D eigenvalue weighted by Crippen LogP contribution is -2.73. The van der Waals surface area contributed by atoms with Crippen molar-refractivity contribution in [1.29, 1.82) is 0 Å². The Kier molecular flexibility index (Phi) is 6.43. The van der Waals surface area contributed by atoms with E-state index < -0.39 is 41.9 Å². The number of benzene rings is 2. The van der Waals surface area contributed by atoms with Crippen LogP contribution in [0.3, 0.4) is 0 Å². The Labute approximate surface area is 198 Å². The van der Waals surface area contributed by atoms with E-state index in [9.17, 15) is 14.4 Å². The summed E-state index contributed by atoms with van der Waals surface area (Å²) in [7, 11) is 0. The standard InChI is InChI=1S/C26H28N2O6/c1-16-15-32-23-19(27-25(31)34-26(2,3)4)22(29)28(23)20(16)24(30)33-21(17-11-7-5-8-12-17)18-13-9-6-10-14-18/h5-14,19,21,23H,15H2,1-4H3,(H,27,31). The van der Waals surface area contributed by atoms with Gasteiger partial charge < -0.3 is 19.5 Å². The van der Waals surface area contributed by atoms with E-state index in [4.69, 9.17) is 14.2 Å². The van der Waals surface area contributed by atoms with E-state index in [1.165, 1.54) is 4.90 Å². The van der Waals surface area contributed by atoms with E-state index >= 15 is 0 Å². The molecule has 2 aliphatic heterocycles. The first kappa shape index (κ1) is 23.5. The van der Waals surface area contributed by atoms with Gasteiger partial charge in [0, 0.05) is 0 Å². The molecule has 2 amide bonds. The number of carbonyl (C=O) groups excluding carboxylic acids is 3. The van der Waals surface area contributed by atoms with E-state index in [-0.39, 0.29) is 12.3 Å². The number of rotatable bonds is 5. The van der Waals surface area contributed by atoms with E-state index in [1.807, 2.05) is 60.7 Å². The summed E-state index contributed by atoms with van der Waals surface area (Å²) in [4.78, 5) is 39.7. The molecule has 2 aromatic carbocycles. The topological polar surface area (TPSA) is 94.2 Å². The number of hydrogen-bond donors (Lipinski definition) is 1. The molecule has 2 atom stereocenters. The van der Waals surface area contributed by atoms with E-state index in [2.05, 4.69) is 5.32 Å². The molecule has 1 fully saturated rings. The molecule has 4 rings (SSSR count). The van der Waals surface area contributed by atoms with Gasteiger partial charge >= 0.3 is 12.1 Å². The third-order valence-electron chi connectivity index (χ3n) is 5.45. The van der Waals surface area contributed by atoms with Crippen LogP contribution >= 0.6 is 0 Å². The van der Waals surface area contributed by atoms with Crippen molar-refractivity contribution >= 4 is 18.0 Å². The van der Waals surface area contributed by atoms with Crippen LogP contribution in [0.15, 0.2) is 71.9 Å². The Morgan fingerprint density at radius 3 is 2.12 bits per heavy atom. The largest absolute Gasteiger partial charge is 0.448 e. The highest BCUT2D eigenvalue weighted by Crippen LogP contribution is 2.35. The highest BCUT2D eigenvalue weighted by molar-refractivity contribution is 6.01. The molecule has 0 saturated carbocycles. The number of alkyl carbamates (subject to hydrolysis) is 1. The molecule has 2 unspecified atom stereocenters. The number of nitrogens with one attached hydrogen (secondary N) is 1. The number of β-lactam (4-membered cyclic amide) rings is 1. The Hall–Kier alpha value is -3.65. The molecule has 2 heterocycles. The van der Waals surface area contributed by atoms with Crippen molar-refractivity contribution in [3.8, 4) is 0 Å². The summed E-state index contributed by atoms with van der Waals surface area (Å²) in [5.41, 5.74) is 1.62. The van der Waals surface area contributed by atoms with Gasteiger partial charge in [-0.1, -0.05) is 60.7 Å². The van der Waals surface area contributed by atoms with E-state index in [1.54, 1.807) is 27.7 Å². The predicted octanol–water partition coefficient (Wildman–Crippen LogP) is 3.69. The van der Waals surface area contributed by atoms with E-state index in [0.717, 1.165) is 11.1 Å². The van der Waals surface area contributed by atoms with Crippen molar-refractivity contribution in [2.45, 2.75) is 51.7 Å². The predicted molar refractivity (Wildman–Crippen MR) is 123 cm³/mol. The van der Waals surface area contributed by atoms with Gasteiger partial charge in [0.15, 0.2) is 18.4 Å². The summed E-state index contributed by atoms with van der Waals surface area (Å²) in [6, 6.07) is 17.9. The molecule has 2 aliphatic rings. The third kappa shape index (κ3) is 4.82. The molecule has 8 nitrogen and oxygen atoms in total. The molecule has 0 aromatic heterocycles. The Morgan fingerprint density at radius 1 is 1.03 bits per heavy atom. The van der Waals surface area contributed by atoms with E-state index in [0.29, 0.717) is 5.57 Å². The van der Waals surface area contributed by atoms with Crippen LogP contribution in [0.5, 0.6) is 0 Å². The number of hydrogen-bond acceptors (Lipinski definition) is 6. The van der Waals surface area contributed by atoms with Crippen molar-refractivity contribution in [2.75, 3.05) is 6.61 Å². The Balaban J connectivity index is 1.54. The van der Waals surface area contributed by atoms with Gasteiger partial charge in [-0.05, 0) is 44.4 Å². The van der Waals surface area contributed by atoms with Crippen molar-refractivity contribution in [3.05, 3.63) is 83.1 Å². The fourth-order valence-electron chi connectivity index (χ4n) is 3.94. The lowest BCUT2D eigenvalue weighted by atomic mass is 9.98. The zero-order valence-corrected chi connectivity index (χ0v) is 19.6. The van der Waals surface area contributed by atoms with Gasteiger partial charge in [-0.15, -0.1) is 0 Å². The second kappa shape index (κ2) is 9.30. The summed E-state index contributed by atoms with van der Waals surface area (Å²) >= 11 is 0. The molecular formula is C26H28N2O6. The van der Waals surface area contributed by atoms with Crippen molar-refractivity contribution in [3.63, 3.8) is 0 Å². The summed E-state index contributed by atoms with van der Waals surface area (Å²) < 4.78 is 16.9. The number of nitrogens with zero attached hydrogens (tertiary/aromatic N) is 1. The molecule has 1 N–H and O–H groups in total. The van der Waals surface area contributed by atoms with Gasteiger partial charge in [-0.3, -0.25) is 9.69 Å². The lowest BCUT2D eigenvalue weighted by molar-refractivity contribution is -0.185. The Bertz CT molecular complexity index is 1070. The van der Waals surface area contributed by atoms with Gasteiger partial charge in [0.2, 0.25) is 0 Å². The zero-order chi connectivity index (χ0) is 24.5. The van der Waals surface area contributed by atoms with Gasteiger partial charge in [0.1, 0.15) is 11.3 Å². The molecule has 0 bridgehead atoms. The van der Waals surface area contributed by atoms with Crippen LogP contribution in [0.1, 0.15) is 44.9 Å². The summed E-state index contributed by atoms with van der Waals surface area (Å²) in [5.74, 6) is -1.09. The minimum atomic E-state index is -0.940. The molecule has 34 heavy (non-hydrogen) atoms. The maximum atomic E-state index is 13.4. The highest BCUT2D eigenvalue weighted by atomic mass is 16.6. The number of ether oxygens (including phenoxy) is 3. The molecule has 1 saturated heterocycles. The number of carbonyl (C=O) groups is 3. The van der Waals surface area contributed by atoms with Gasteiger partial charge in [0.05, 0.1) is 6.61 Å². The fraction of sp³-hybridized carbons (Fsp3) is 0.346. The maximum absolute atomic E-state index is 13.4. The Morgan fingerprint density at radius 2 is 1.59 bits per heavy atom. The van der Waals surface area contributed by atoms with Crippen LogP contribution in [0.4, 0.5) is 4.79 Å². The summed E-state index contributed by atoms with van der Waals surface area (Å²) in [6.07, 6.45) is -2.18. The monoisotopic (exact) mass is 464 g/mol. The van der Waals surface area contributed by atoms with Crippen LogP contribution in [0, 0.1) is 0 Å². The average Bonchev–Trinajstić information content (AvgIpc) is 2.80. The molecule has 0 aliphatic carbocycles. The van der Waals surface area contributed by atoms with Crippen molar-refractivity contribution in [2.24, 2.45) is 0 Å². The fourth-order valence-corrected chi connectivity index (χ4v) is 3.94. The average molecular weight is 465 g/mol. The number of esters is 1.